The topological polar surface area (TPSA) is 37.0 Å². The number of fused-ring (bicyclic) bond motifs is 1. The molecule has 2 fully saturated rings. The van der Waals surface area contributed by atoms with Crippen molar-refractivity contribution in [1.29, 1.82) is 0 Å². The molecule has 0 saturated carbocycles. The molecular formula is C18H27N3O2. The standard InChI is InChI=1S/C18H27N3O2/c1-2-8-21(7-1)16(14-20-9-5-19-6-10-20)15-3-4-17-18(13-15)23-12-11-22-17/h3-4,13,16,19H,1-2,5-12,14H2. The summed E-state index contributed by atoms with van der Waals surface area (Å²) >= 11 is 0. The van der Waals surface area contributed by atoms with Gasteiger partial charge in [-0.1, -0.05) is 6.07 Å². The number of hydrogen-bond donors (Lipinski definition) is 1. The highest BCUT2D eigenvalue weighted by Crippen LogP contribution is 2.35. The summed E-state index contributed by atoms with van der Waals surface area (Å²) in [7, 11) is 0. The van der Waals surface area contributed by atoms with Gasteiger partial charge < -0.3 is 14.8 Å². The van der Waals surface area contributed by atoms with Gasteiger partial charge in [0.05, 0.1) is 0 Å². The van der Waals surface area contributed by atoms with E-state index in [9.17, 15) is 0 Å². The van der Waals surface area contributed by atoms with Gasteiger partial charge in [-0.15, -0.1) is 0 Å². The van der Waals surface area contributed by atoms with Crippen LogP contribution in [0.4, 0.5) is 0 Å². The molecule has 4 rings (SSSR count). The van der Waals surface area contributed by atoms with Crippen molar-refractivity contribution in [3.8, 4) is 11.5 Å². The number of ether oxygens (including phenoxy) is 2. The van der Waals surface area contributed by atoms with Gasteiger partial charge in [0.25, 0.3) is 0 Å². The second-order valence-electron chi connectivity index (χ2n) is 6.71. The lowest BCUT2D eigenvalue weighted by Gasteiger charge is -2.35. The summed E-state index contributed by atoms with van der Waals surface area (Å²) < 4.78 is 11.5. The summed E-state index contributed by atoms with van der Waals surface area (Å²) in [5.74, 6) is 1.81. The molecule has 1 N–H and O–H groups in total. The average Bonchev–Trinajstić information content (AvgIpc) is 3.14. The molecule has 0 aromatic heterocycles. The van der Waals surface area contributed by atoms with Gasteiger partial charge in [-0.05, 0) is 43.6 Å². The third-order valence-electron chi connectivity index (χ3n) is 5.17. The van der Waals surface area contributed by atoms with Gasteiger partial charge in [-0.2, -0.15) is 0 Å². The molecule has 0 radical (unpaired) electrons. The monoisotopic (exact) mass is 317 g/mol. The number of nitrogens with one attached hydrogen (secondary N) is 1. The van der Waals surface area contributed by atoms with E-state index in [1.54, 1.807) is 0 Å². The number of rotatable bonds is 4. The molecule has 0 spiro atoms. The number of hydrogen-bond acceptors (Lipinski definition) is 5. The van der Waals surface area contributed by atoms with E-state index in [0.717, 1.165) is 44.2 Å². The summed E-state index contributed by atoms with van der Waals surface area (Å²) in [6, 6.07) is 7.00. The quantitative estimate of drug-likeness (QED) is 0.911. The molecule has 2 saturated heterocycles. The first kappa shape index (κ1) is 15.2. The van der Waals surface area contributed by atoms with Gasteiger partial charge in [0, 0.05) is 38.8 Å². The molecule has 3 aliphatic rings. The van der Waals surface area contributed by atoms with Crippen molar-refractivity contribution < 1.29 is 9.47 Å². The number of nitrogens with zero attached hydrogens (tertiary/aromatic N) is 2. The first-order valence-corrected chi connectivity index (χ1v) is 8.97. The van der Waals surface area contributed by atoms with E-state index < -0.39 is 0 Å². The van der Waals surface area contributed by atoms with Crippen LogP contribution >= 0.6 is 0 Å². The van der Waals surface area contributed by atoms with Gasteiger partial charge in [0.2, 0.25) is 0 Å². The Morgan fingerprint density at radius 3 is 2.48 bits per heavy atom. The predicted molar refractivity (Wildman–Crippen MR) is 90.3 cm³/mol. The van der Waals surface area contributed by atoms with Crippen LogP contribution in [0.1, 0.15) is 24.4 Å². The van der Waals surface area contributed by atoms with Gasteiger partial charge >= 0.3 is 0 Å². The summed E-state index contributed by atoms with van der Waals surface area (Å²) in [6.07, 6.45) is 2.64. The SMILES string of the molecule is c1cc2c(cc1C(CN1CCNCC1)N1CCCC1)OCCO2. The van der Waals surface area contributed by atoms with E-state index in [1.165, 1.54) is 31.5 Å². The van der Waals surface area contributed by atoms with Gasteiger partial charge in [-0.3, -0.25) is 9.80 Å². The van der Waals surface area contributed by atoms with Crippen LogP contribution in [0.25, 0.3) is 0 Å². The molecule has 0 bridgehead atoms. The van der Waals surface area contributed by atoms with Crippen molar-refractivity contribution in [3.63, 3.8) is 0 Å². The minimum atomic E-state index is 0.464. The van der Waals surface area contributed by atoms with Crippen LogP contribution in [-0.2, 0) is 0 Å². The minimum absolute atomic E-state index is 0.464. The fraction of sp³-hybridized carbons (Fsp3) is 0.667. The van der Waals surface area contributed by atoms with Crippen molar-refractivity contribution in [2.75, 3.05) is 59.0 Å². The predicted octanol–water partition coefficient (Wildman–Crippen LogP) is 1.50. The molecule has 5 heteroatoms. The summed E-state index contributed by atoms with van der Waals surface area (Å²) in [4.78, 5) is 5.24. The van der Waals surface area contributed by atoms with Crippen LogP contribution in [0, 0.1) is 0 Å². The Hall–Kier alpha value is -1.30. The van der Waals surface area contributed by atoms with Gasteiger partial charge in [0.15, 0.2) is 11.5 Å². The van der Waals surface area contributed by atoms with Crippen LogP contribution in [0.3, 0.4) is 0 Å². The van der Waals surface area contributed by atoms with E-state index in [4.69, 9.17) is 9.47 Å². The zero-order chi connectivity index (χ0) is 15.5. The number of benzene rings is 1. The summed E-state index contributed by atoms with van der Waals surface area (Å²) in [6.45, 7) is 9.36. The third-order valence-corrected chi connectivity index (χ3v) is 5.17. The Morgan fingerprint density at radius 2 is 1.70 bits per heavy atom. The van der Waals surface area contributed by atoms with E-state index in [1.807, 2.05) is 0 Å². The van der Waals surface area contributed by atoms with Crippen molar-refractivity contribution in [3.05, 3.63) is 23.8 Å². The highest BCUT2D eigenvalue weighted by atomic mass is 16.6. The average molecular weight is 317 g/mol. The lowest BCUT2D eigenvalue weighted by atomic mass is 10.0. The Morgan fingerprint density at radius 1 is 0.957 bits per heavy atom. The molecule has 1 aromatic rings. The minimum Gasteiger partial charge on any atom is -0.486 e. The molecule has 0 amide bonds. The van der Waals surface area contributed by atoms with Crippen LogP contribution in [0.5, 0.6) is 11.5 Å². The highest BCUT2D eigenvalue weighted by molar-refractivity contribution is 5.44. The zero-order valence-electron chi connectivity index (χ0n) is 13.8. The molecular weight excluding hydrogens is 290 g/mol. The Kier molecular flexibility index (Phi) is 4.69. The lowest BCUT2D eigenvalue weighted by molar-refractivity contribution is 0.147. The molecule has 126 valence electrons. The second kappa shape index (κ2) is 7.07. The smallest absolute Gasteiger partial charge is 0.161 e. The Labute approximate surface area is 138 Å². The fourth-order valence-electron chi connectivity index (χ4n) is 3.89. The van der Waals surface area contributed by atoms with E-state index >= 15 is 0 Å². The molecule has 1 aromatic carbocycles. The van der Waals surface area contributed by atoms with Gasteiger partial charge in [0.1, 0.15) is 13.2 Å². The largest absolute Gasteiger partial charge is 0.486 e. The van der Waals surface area contributed by atoms with E-state index in [2.05, 4.69) is 33.3 Å². The highest BCUT2D eigenvalue weighted by Gasteiger charge is 2.27. The molecule has 1 unspecified atom stereocenters. The van der Waals surface area contributed by atoms with Crippen molar-refractivity contribution in [1.82, 2.24) is 15.1 Å². The second-order valence-corrected chi connectivity index (χ2v) is 6.71. The maximum absolute atomic E-state index is 5.80. The van der Waals surface area contributed by atoms with E-state index in [-0.39, 0.29) is 0 Å². The summed E-state index contributed by atoms with van der Waals surface area (Å²) in [5, 5.41) is 3.45. The number of likely N-dealkylation sites (tertiary alicyclic amines) is 1. The lowest BCUT2D eigenvalue weighted by Crippen LogP contribution is -2.47. The number of piperazine rings is 1. The first-order chi connectivity index (χ1) is 11.4. The zero-order valence-corrected chi connectivity index (χ0v) is 13.8. The van der Waals surface area contributed by atoms with Gasteiger partial charge in [-0.25, -0.2) is 0 Å². The molecule has 23 heavy (non-hydrogen) atoms. The normalized spacial score (nSPS) is 23.8. The maximum Gasteiger partial charge on any atom is 0.161 e. The van der Waals surface area contributed by atoms with Crippen molar-refractivity contribution in [2.45, 2.75) is 18.9 Å². The van der Waals surface area contributed by atoms with Crippen LogP contribution in [0.2, 0.25) is 0 Å². The molecule has 0 aliphatic carbocycles. The van der Waals surface area contributed by atoms with Crippen molar-refractivity contribution >= 4 is 0 Å². The molecule has 1 atom stereocenters. The maximum atomic E-state index is 5.80. The molecule has 5 nitrogen and oxygen atoms in total. The molecule has 3 aliphatic heterocycles. The van der Waals surface area contributed by atoms with Crippen molar-refractivity contribution in [2.24, 2.45) is 0 Å². The molecule has 3 heterocycles. The Balaban J connectivity index is 1.56. The summed E-state index contributed by atoms with van der Waals surface area (Å²) in [5.41, 5.74) is 1.37. The fourth-order valence-corrected chi connectivity index (χ4v) is 3.89. The van der Waals surface area contributed by atoms with E-state index in [0.29, 0.717) is 19.3 Å². The van der Waals surface area contributed by atoms with Crippen LogP contribution < -0.4 is 14.8 Å². The first-order valence-electron chi connectivity index (χ1n) is 8.97. The van der Waals surface area contributed by atoms with Crippen LogP contribution in [-0.4, -0.2) is 68.8 Å². The van der Waals surface area contributed by atoms with Crippen LogP contribution in [0.15, 0.2) is 18.2 Å². The third kappa shape index (κ3) is 3.47. The Bertz CT molecular complexity index is 525.